The maximum atomic E-state index is 14.0. The third kappa shape index (κ3) is 3.79. The molecule has 0 bridgehead atoms. The van der Waals surface area contributed by atoms with Crippen LogP contribution in [0.1, 0.15) is 18.4 Å². The predicted octanol–water partition coefficient (Wildman–Crippen LogP) is 4.33. The van der Waals surface area contributed by atoms with Crippen molar-refractivity contribution in [1.29, 1.82) is 0 Å². The number of alkyl halides is 3. The highest BCUT2D eigenvalue weighted by Gasteiger charge is 2.57. The van der Waals surface area contributed by atoms with Gasteiger partial charge in [-0.1, -0.05) is 30.3 Å². The van der Waals surface area contributed by atoms with Crippen molar-refractivity contribution < 1.29 is 23.0 Å². The standard InChI is InChI=1S/C21H20F3N3O2S/c22-21(23,24)20(28,12-19(30)8-9-29-18-7-2-1-5-16(18)19)13-25-17-6-3-4-14-10-26-27-11-15(14)17/h1-7,10-11,25,28,30H,8-9,12-13H2. The average molecular weight is 435 g/mol. The van der Waals surface area contributed by atoms with E-state index in [4.69, 9.17) is 4.74 Å². The minimum atomic E-state index is -4.87. The molecule has 2 N–H and O–H groups in total. The summed E-state index contributed by atoms with van der Waals surface area (Å²) in [5.41, 5.74) is -2.03. The summed E-state index contributed by atoms with van der Waals surface area (Å²) in [6, 6.07) is 12.0. The van der Waals surface area contributed by atoms with Gasteiger partial charge >= 0.3 is 6.18 Å². The molecule has 9 heteroatoms. The number of hydrogen-bond acceptors (Lipinski definition) is 6. The van der Waals surface area contributed by atoms with Crippen LogP contribution in [0.3, 0.4) is 0 Å². The Morgan fingerprint density at radius 2 is 1.87 bits per heavy atom. The molecular weight excluding hydrogens is 415 g/mol. The van der Waals surface area contributed by atoms with E-state index in [2.05, 4.69) is 28.1 Å². The first-order valence-corrected chi connectivity index (χ1v) is 9.84. The molecule has 0 radical (unpaired) electrons. The minimum absolute atomic E-state index is 0.226. The van der Waals surface area contributed by atoms with Gasteiger partial charge in [0.15, 0.2) is 5.60 Å². The summed E-state index contributed by atoms with van der Waals surface area (Å²) in [5, 5.41) is 22.5. The first-order chi connectivity index (χ1) is 14.2. The Labute approximate surface area is 176 Å². The molecule has 0 aliphatic carbocycles. The number of aromatic nitrogens is 2. The summed E-state index contributed by atoms with van der Waals surface area (Å²) in [6.07, 6.45) is -2.25. The van der Waals surface area contributed by atoms with Gasteiger partial charge in [-0.25, -0.2) is 0 Å². The number of halogens is 3. The van der Waals surface area contributed by atoms with Gasteiger partial charge < -0.3 is 15.2 Å². The lowest BCUT2D eigenvalue weighted by atomic mass is 9.81. The van der Waals surface area contributed by atoms with Crippen LogP contribution in [0.2, 0.25) is 0 Å². The topological polar surface area (TPSA) is 67.3 Å². The van der Waals surface area contributed by atoms with Gasteiger partial charge in [0.05, 0.1) is 25.5 Å². The van der Waals surface area contributed by atoms with Crippen LogP contribution in [0, 0.1) is 0 Å². The molecule has 0 saturated heterocycles. The highest BCUT2D eigenvalue weighted by Crippen LogP contribution is 2.49. The summed E-state index contributed by atoms with van der Waals surface area (Å²) in [7, 11) is 0. The molecule has 0 saturated carbocycles. The number of anilines is 1. The van der Waals surface area contributed by atoms with Crippen molar-refractivity contribution in [2.45, 2.75) is 29.4 Å². The molecule has 2 atom stereocenters. The molecular formula is C21H20F3N3O2S. The second kappa shape index (κ2) is 7.63. The van der Waals surface area contributed by atoms with Crippen LogP contribution in [0.5, 0.6) is 5.75 Å². The zero-order valence-corrected chi connectivity index (χ0v) is 16.8. The van der Waals surface area contributed by atoms with Gasteiger partial charge in [0.2, 0.25) is 0 Å². The molecule has 1 aliphatic heterocycles. The van der Waals surface area contributed by atoms with Crippen LogP contribution in [0.25, 0.3) is 10.8 Å². The van der Waals surface area contributed by atoms with Gasteiger partial charge in [-0.05, 0) is 12.1 Å². The molecule has 4 rings (SSSR count). The van der Waals surface area contributed by atoms with Crippen molar-refractivity contribution in [2.75, 3.05) is 18.5 Å². The van der Waals surface area contributed by atoms with Crippen molar-refractivity contribution in [3.05, 3.63) is 60.4 Å². The van der Waals surface area contributed by atoms with Crippen molar-refractivity contribution in [2.24, 2.45) is 0 Å². The van der Waals surface area contributed by atoms with Gasteiger partial charge in [0, 0.05) is 39.6 Å². The van der Waals surface area contributed by atoms with E-state index in [1.54, 1.807) is 42.5 Å². The van der Waals surface area contributed by atoms with Gasteiger partial charge in [-0.3, -0.25) is 0 Å². The smallest absolute Gasteiger partial charge is 0.418 e. The highest BCUT2D eigenvalue weighted by atomic mass is 32.1. The number of nitrogens with zero attached hydrogens (tertiary/aromatic N) is 2. The van der Waals surface area contributed by atoms with Crippen molar-refractivity contribution >= 4 is 29.1 Å². The molecule has 2 heterocycles. The fourth-order valence-corrected chi connectivity index (χ4v) is 4.33. The average Bonchev–Trinajstić information content (AvgIpc) is 2.72. The van der Waals surface area contributed by atoms with Crippen LogP contribution in [0.15, 0.2) is 54.9 Å². The van der Waals surface area contributed by atoms with E-state index in [1.807, 2.05) is 0 Å². The molecule has 1 aliphatic rings. The number of ether oxygens (including phenoxy) is 1. The van der Waals surface area contributed by atoms with Crippen LogP contribution < -0.4 is 10.1 Å². The number of rotatable bonds is 5. The molecule has 5 nitrogen and oxygen atoms in total. The van der Waals surface area contributed by atoms with Crippen LogP contribution >= 0.6 is 12.6 Å². The molecule has 2 unspecified atom stereocenters. The molecule has 2 aromatic carbocycles. The van der Waals surface area contributed by atoms with E-state index >= 15 is 0 Å². The Morgan fingerprint density at radius 1 is 1.10 bits per heavy atom. The minimum Gasteiger partial charge on any atom is -0.493 e. The number of hydrogen-bond donors (Lipinski definition) is 3. The Kier molecular flexibility index (Phi) is 5.27. The number of nitrogens with one attached hydrogen (secondary N) is 1. The summed E-state index contributed by atoms with van der Waals surface area (Å²) in [4.78, 5) is 0. The van der Waals surface area contributed by atoms with Crippen molar-refractivity contribution in [3.8, 4) is 5.75 Å². The first kappa shape index (κ1) is 20.7. The number of para-hydroxylation sites is 1. The van der Waals surface area contributed by atoms with E-state index in [9.17, 15) is 18.3 Å². The molecule has 3 aromatic rings. The molecule has 0 spiro atoms. The number of fused-ring (bicyclic) bond motifs is 2. The largest absolute Gasteiger partial charge is 0.493 e. The molecule has 30 heavy (non-hydrogen) atoms. The van der Waals surface area contributed by atoms with E-state index in [0.717, 1.165) is 5.39 Å². The van der Waals surface area contributed by atoms with Gasteiger partial charge in [0.1, 0.15) is 5.75 Å². The van der Waals surface area contributed by atoms with Gasteiger partial charge in [-0.2, -0.15) is 36.0 Å². The highest BCUT2D eigenvalue weighted by molar-refractivity contribution is 7.81. The molecule has 1 aromatic heterocycles. The van der Waals surface area contributed by atoms with E-state index in [1.165, 1.54) is 12.4 Å². The zero-order valence-electron chi connectivity index (χ0n) is 15.9. The summed E-state index contributed by atoms with van der Waals surface area (Å²) >= 11 is 4.61. The third-order valence-electron chi connectivity index (χ3n) is 5.44. The Balaban J connectivity index is 1.64. The normalized spacial score (nSPS) is 20.8. The second-order valence-electron chi connectivity index (χ2n) is 7.48. The van der Waals surface area contributed by atoms with Gasteiger partial charge in [-0.15, -0.1) is 0 Å². The third-order valence-corrected chi connectivity index (χ3v) is 6.06. The Bertz CT molecular complexity index is 1060. The van der Waals surface area contributed by atoms with Crippen LogP contribution in [0.4, 0.5) is 18.9 Å². The summed E-state index contributed by atoms with van der Waals surface area (Å²) in [5.74, 6) is 0.490. The number of thiol groups is 1. The quantitative estimate of drug-likeness (QED) is 0.521. The molecule has 158 valence electrons. The predicted molar refractivity (Wildman–Crippen MR) is 111 cm³/mol. The monoisotopic (exact) mass is 435 g/mol. The van der Waals surface area contributed by atoms with Crippen molar-refractivity contribution in [1.82, 2.24) is 10.2 Å². The first-order valence-electron chi connectivity index (χ1n) is 9.39. The molecule has 0 amide bonds. The van der Waals surface area contributed by atoms with Crippen LogP contribution in [-0.4, -0.2) is 40.2 Å². The lowest BCUT2D eigenvalue weighted by molar-refractivity contribution is -0.259. The van der Waals surface area contributed by atoms with Gasteiger partial charge in [0.25, 0.3) is 0 Å². The maximum absolute atomic E-state index is 14.0. The van der Waals surface area contributed by atoms with E-state index < -0.39 is 29.5 Å². The fraction of sp³-hybridized carbons (Fsp3) is 0.333. The lowest BCUT2D eigenvalue weighted by Gasteiger charge is -2.41. The van der Waals surface area contributed by atoms with Crippen molar-refractivity contribution in [3.63, 3.8) is 0 Å². The summed E-state index contributed by atoms with van der Waals surface area (Å²) in [6.45, 7) is -0.507. The second-order valence-corrected chi connectivity index (χ2v) is 8.34. The Hall–Kier alpha value is -2.52. The molecule has 0 fully saturated rings. The number of benzene rings is 2. The number of aliphatic hydroxyl groups is 1. The maximum Gasteiger partial charge on any atom is 0.418 e. The Morgan fingerprint density at radius 3 is 2.67 bits per heavy atom. The zero-order chi connectivity index (χ0) is 21.4. The lowest BCUT2D eigenvalue weighted by Crippen LogP contribution is -2.54. The van der Waals surface area contributed by atoms with E-state index in [-0.39, 0.29) is 13.0 Å². The van der Waals surface area contributed by atoms with E-state index in [0.29, 0.717) is 22.4 Å². The SMILES string of the molecule is OC(CNc1cccc2cnncc12)(CC1(S)CCOc2ccccc21)C(F)(F)F. The fourth-order valence-electron chi connectivity index (χ4n) is 3.79. The van der Waals surface area contributed by atoms with Crippen LogP contribution in [-0.2, 0) is 4.75 Å². The summed E-state index contributed by atoms with van der Waals surface area (Å²) < 4.78 is 46.5.